The molecular weight excluding hydrogens is 615 g/mol. The first-order valence-corrected chi connectivity index (χ1v) is 18.9. The number of hydrogen-bond donors (Lipinski definition) is 0. The van der Waals surface area contributed by atoms with Gasteiger partial charge in [-0.25, -0.2) is 0 Å². The van der Waals surface area contributed by atoms with Crippen molar-refractivity contribution in [1.29, 1.82) is 0 Å². The summed E-state index contributed by atoms with van der Waals surface area (Å²) in [6.45, 7) is 0. The van der Waals surface area contributed by atoms with Crippen LogP contribution < -0.4 is 4.90 Å². The molecule has 0 N–H and O–H groups in total. The van der Waals surface area contributed by atoms with Gasteiger partial charge in [0.1, 0.15) is 0 Å². The summed E-state index contributed by atoms with van der Waals surface area (Å²) in [4.78, 5) is 2.44. The van der Waals surface area contributed by atoms with Gasteiger partial charge in [-0.3, -0.25) is 0 Å². The summed E-state index contributed by atoms with van der Waals surface area (Å²) >= 11 is 0. The highest BCUT2D eigenvalue weighted by Crippen LogP contribution is 2.60. The molecule has 0 amide bonds. The number of anilines is 3. The van der Waals surface area contributed by atoms with Crippen molar-refractivity contribution in [2.75, 3.05) is 4.90 Å². The van der Waals surface area contributed by atoms with Crippen molar-refractivity contribution in [2.24, 2.45) is 17.8 Å². The van der Waals surface area contributed by atoms with E-state index in [1.165, 1.54) is 88.4 Å². The third-order valence-electron chi connectivity index (χ3n) is 12.4. The Hall–Kier alpha value is -5.40. The summed E-state index contributed by atoms with van der Waals surface area (Å²) in [6, 6.07) is 62.8. The molecule has 0 saturated heterocycles. The van der Waals surface area contributed by atoms with E-state index in [-0.39, 0.29) is 0 Å². The van der Waals surface area contributed by atoms with Crippen LogP contribution in [0, 0.1) is 17.8 Å². The standard InChI is InChI=1S/C50H43N/c1-3-10-38(11-4-1)39-20-24-44(25-21-39)51(49-27-26-46(41-12-5-2-6-13-41)47-16-7-8-17-48(47)49)45-15-9-14-42(31-45)40-18-22-43(23-19-40)50-32-35-28-36(33-50)30-37(29-35)34-50/h1-27,31,35-37H,28-30,32-34H2. The zero-order chi connectivity index (χ0) is 33.8. The molecule has 0 unspecified atom stereocenters. The molecule has 248 valence electrons. The van der Waals surface area contributed by atoms with Gasteiger partial charge in [0.15, 0.2) is 0 Å². The lowest BCUT2D eigenvalue weighted by atomic mass is 9.48. The van der Waals surface area contributed by atoms with E-state index in [2.05, 4.69) is 175 Å². The maximum Gasteiger partial charge on any atom is 0.0540 e. The Kier molecular flexibility index (Phi) is 7.41. The van der Waals surface area contributed by atoms with E-state index >= 15 is 0 Å². The average Bonchev–Trinajstić information content (AvgIpc) is 3.19. The van der Waals surface area contributed by atoms with Crippen molar-refractivity contribution in [1.82, 2.24) is 0 Å². The van der Waals surface area contributed by atoms with E-state index in [0.29, 0.717) is 5.41 Å². The third-order valence-corrected chi connectivity index (χ3v) is 12.4. The quantitative estimate of drug-likeness (QED) is 0.165. The lowest BCUT2D eigenvalue weighted by Gasteiger charge is -2.57. The minimum absolute atomic E-state index is 0.421. The van der Waals surface area contributed by atoms with Crippen LogP contribution in [0.25, 0.3) is 44.2 Å². The molecule has 0 radical (unpaired) electrons. The van der Waals surface area contributed by atoms with Crippen LogP contribution in [0.2, 0.25) is 0 Å². The van der Waals surface area contributed by atoms with Crippen molar-refractivity contribution in [2.45, 2.75) is 43.9 Å². The lowest BCUT2D eigenvalue weighted by molar-refractivity contribution is -0.00518. The number of fused-ring (bicyclic) bond motifs is 1. The monoisotopic (exact) mass is 657 g/mol. The highest BCUT2D eigenvalue weighted by molar-refractivity contribution is 6.06. The second kappa shape index (κ2) is 12.4. The van der Waals surface area contributed by atoms with Crippen LogP contribution in [0.3, 0.4) is 0 Å². The number of rotatable bonds is 7. The Balaban J connectivity index is 1.06. The Morgan fingerprint density at radius 2 is 0.922 bits per heavy atom. The van der Waals surface area contributed by atoms with E-state index in [1.807, 2.05) is 0 Å². The fraction of sp³-hybridized carbons (Fsp3) is 0.200. The summed E-state index contributed by atoms with van der Waals surface area (Å²) in [5.41, 5.74) is 13.0. The highest BCUT2D eigenvalue weighted by atomic mass is 15.1. The zero-order valence-electron chi connectivity index (χ0n) is 29.1. The van der Waals surface area contributed by atoms with Gasteiger partial charge in [-0.05, 0) is 136 Å². The Labute approximate surface area is 302 Å². The maximum absolute atomic E-state index is 2.48. The van der Waals surface area contributed by atoms with Gasteiger partial charge in [0.2, 0.25) is 0 Å². The van der Waals surface area contributed by atoms with E-state index in [1.54, 1.807) is 5.56 Å². The van der Waals surface area contributed by atoms with Crippen molar-refractivity contribution >= 4 is 27.8 Å². The van der Waals surface area contributed by atoms with Gasteiger partial charge in [0.05, 0.1) is 5.69 Å². The first-order valence-electron chi connectivity index (χ1n) is 18.9. The van der Waals surface area contributed by atoms with Gasteiger partial charge in [0.25, 0.3) is 0 Å². The van der Waals surface area contributed by atoms with E-state index < -0.39 is 0 Å². The smallest absolute Gasteiger partial charge is 0.0540 e. The molecule has 4 aliphatic rings. The molecule has 51 heavy (non-hydrogen) atoms. The Morgan fingerprint density at radius 3 is 1.59 bits per heavy atom. The van der Waals surface area contributed by atoms with E-state index in [0.717, 1.165) is 29.1 Å². The van der Waals surface area contributed by atoms with Gasteiger partial charge < -0.3 is 4.90 Å². The summed E-state index contributed by atoms with van der Waals surface area (Å²) in [6.07, 6.45) is 8.67. The van der Waals surface area contributed by atoms with Crippen LogP contribution in [0.5, 0.6) is 0 Å². The van der Waals surface area contributed by atoms with Crippen molar-refractivity contribution in [3.8, 4) is 33.4 Å². The molecular formula is C50H43N. The number of nitrogens with zero attached hydrogens (tertiary/aromatic N) is 1. The molecule has 0 spiro atoms. The predicted octanol–water partition coefficient (Wildman–Crippen LogP) is 13.8. The van der Waals surface area contributed by atoms with E-state index in [9.17, 15) is 0 Å². The first-order chi connectivity index (χ1) is 25.2. The van der Waals surface area contributed by atoms with Gasteiger partial charge in [0, 0.05) is 16.8 Å². The zero-order valence-corrected chi connectivity index (χ0v) is 29.1. The van der Waals surface area contributed by atoms with E-state index in [4.69, 9.17) is 0 Å². The molecule has 0 aromatic heterocycles. The Bertz CT molecular complexity index is 2280. The second-order valence-corrected chi connectivity index (χ2v) is 15.6. The van der Waals surface area contributed by atoms with Crippen LogP contribution >= 0.6 is 0 Å². The normalized spacial score (nSPS) is 21.9. The van der Waals surface area contributed by atoms with Gasteiger partial charge >= 0.3 is 0 Å². The van der Waals surface area contributed by atoms with Crippen LogP contribution in [0.1, 0.15) is 44.1 Å². The predicted molar refractivity (Wildman–Crippen MR) is 215 cm³/mol. The topological polar surface area (TPSA) is 3.24 Å². The molecule has 0 aliphatic heterocycles. The van der Waals surface area contributed by atoms with Crippen molar-refractivity contribution < 1.29 is 0 Å². The Morgan fingerprint density at radius 1 is 0.392 bits per heavy atom. The van der Waals surface area contributed by atoms with Crippen LogP contribution in [-0.2, 0) is 5.41 Å². The minimum Gasteiger partial charge on any atom is -0.310 e. The maximum atomic E-state index is 2.48. The largest absolute Gasteiger partial charge is 0.310 e. The fourth-order valence-corrected chi connectivity index (χ4v) is 10.5. The molecule has 11 rings (SSSR count). The lowest BCUT2D eigenvalue weighted by Crippen LogP contribution is -2.48. The number of benzene rings is 7. The molecule has 4 bridgehead atoms. The summed E-state index contributed by atoms with van der Waals surface area (Å²) in [5, 5.41) is 2.49. The second-order valence-electron chi connectivity index (χ2n) is 15.6. The molecule has 4 saturated carbocycles. The molecule has 4 fully saturated rings. The molecule has 0 atom stereocenters. The summed E-state index contributed by atoms with van der Waals surface area (Å²) in [5.74, 6) is 2.87. The number of hydrogen-bond acceptors (Lipinski definition) is 1. The van der Waals surface area contributed by atoms with Crippen molar-refractivity contribution in [3.05, 3.63) is 175 Å². The highest BCUT2D eigenvalue weighted by Gasteiger charge is 2.51. The summed E-state index contributed by atoms with van der Waals surface area (Å²) in [7, 11) is 0. The molecule has 1 heteroatoms. The van der Waals surface area contributed by atoms with Gasteiger partial charge in [-0.1, -0.05) is 140 Å². The van der Waals surface area contributed by atoms with Gasteiger partial charge in [-0.15, -0.1) is 0 Å². The van der Waals surface area contributed by atoms with Crippen molar-refractivity contribution in [3.63, 3.8) is 0 Å². The average molecular weight is 658 g/mol. The van der Waals surface area contributed by atoms with Crippen LogP contribution in [-0.4, -0.2) is 0 Å². The minimum atomic E-state index is 0.421. The molecule has 7 aromatic carbocycles. The van der Waals surface area contributed by atoms with Gasteiger partial charge in [-0.2, -0.15) is 0 Å². The van der Waals surface area contributed by atoms with Crippen LogP contribution in [0.4, 0.5) is 17.1 Å². The summed E-state index contributed by atoms with van der Waals surface area (Å²) < 4.78 is 0. The molecule has 4 aliphatic carbocycles. The molecule has 7 aromatic rings. The molecule has 1 nitrogen and oxygen atoms in total. The van der Waals surface area contributed by atoms with Crippen LogP contribution in [0.15, 0.2) is 170 Å². The fourth-order valence-electron chi connectivity index (χ4n) is 10.5. The third kappa shape index (κ3) is 5.47. The SMILES string of the molecule is c1ccc(-c2ccc(N(c3cccc(-c4ccc(C56CC7CC(CC(C7)C5)C6)cc4)c3)c3ccc(-c4ccccc4)c4ccccc34)cc2)cc1. The molecule has 0 heterocycles. The first kappa shape index (κ1) is 30.4.